The summed E-state index contributed by atoms with van der Waals surface area (Å²) in [6.07, 6.45) is 99.3. The van der Waals surface area contributed by atoms with Crippen LogP contribution in [0.5, 0.6) is 0 Å². The van der Waals surface area contributed by atoms with Crippen molar-refractivity contribution >= 4 is 11.9 Å². The summed E-state index contributed by atoms with van der Waals surface area (Å²) in [7, 11) is 0. The van der Waals surface area contributed by atoms with E-state index < -0.39 is 12.1 Å². The van der Waals surface area contributed by atoms with Crippen molar-refractivity contribution in [2.45, 2.75) is 488 Å². The Bertz CT molecular complexity index is 1340. The van der Waals surface area contributed by atoms with Crippen molar-refractivity contribution in [1.82, 2.24) is 5.32 Å². The van der Waals surface area contributed by atoms with Crippen molar-refractivity contribution < 1.29 is 24.5 Å². The molecule has 0 saturated heterocycles. The smallest absolute Gasteiger partial charge is 0.305 e. The van der Waals surface area contributed by atoms with Crippen LogP contribution in [0.15, 0.2) is 12.2 Å². The number of esters is 1. The molecule has 3 N–H and O–H groups in total. The van der Waals surface area contributed by atoms with Gasteiger partial charge < -0.3 is 20.3 Å². The fourth-order valence-electron chi connectivity index (χ4n) is 13.3. The Labute approximate surface area is 552 Å². The molecule has 0 aromatic heterocycles. The molecule has 0 bridgehead atoms. The number of nitrogens with one attached hydrogen (secondary N) is 1. The second-order valence-corrected chi connectivity index (χ2v) is 28.5. The van der Waals surface area contributed by atoms with Crippen LogP contribution >= 0.6 is 0 Å². The summed E-state index contributed by atoms with van der Waals surface area (Å²) in [6.45, 7) is 4.96. The van der Waals surface area contributed by atoms with E-state index in [1.807, 2.05) is 6.08 Å². The molecule has 0 heterocycles. The molecule has 0 aromatic rings. The second kappa shape index (κ2) is 78.0. The van der Waals surface area contributed by atoms with Crippen LogP contribution in [-0.4, -0.2) is 47.4 Å². The zero-order valence-electron chi connectivity index (χ0n) is 60.3. The molecule has 0 aromatic carbocycles. The summed E-state index contributed by atoms with van der Waals surface area (Å²) >= 11 is 0. The number of rotatable bonds is 78. The molecule has 0 aliphatic carbocycles. The van der Waals surface area contributed by atoms with E-state index in [1.54, 1.807) is 6.08 Å². The summed E-state index contributed by atoms with van der Waals surface area (Å²) < 4.78 is 5.48. The Kier molecular flexibility index (Phi) is 76.8. The van der Waals surface area contributed by atoms with E-state index in [-0.39, 0.29) is 18.5 Å². The van der Waals surface area contributed by atoms with Crippen LogP contribution in [0.1, 0.15) is 476 Å². The first-order valence-corrected chi connectivity index (χ1v) is 41.0. The normalized spacial score (nSPS) is 12.5. The molecule has 0 spiro atoms. The lowest BCUT2D eigenvalue weighted by Crippen LogP contribution is -2.45. The number of allylic oxidation sites excluding steroid dienone is 1. The first-order valence-electron chi connectivity index (χ1n) is 41.0. The molecule has 6 nitrogen and oxygen atoms in total. The van der Waals surface area contributed by atoms with Gasteiger partial charge in [0.2, 0.25) is 5.91 Å². The van der Waals surface area contributed by atoms with Gasteiger partial charge in [-0.1, -0.05) is 443 Å². The first-order chi connectivity index (χ1) is 43.5. The predicted octanol–water partition coefficient (Wildman–Crippen LogP) is 27.1. The van der Waals surface area contributed by atoms with Crippen molar-refractivity contribution in [2.24, 2.45) is 0 Å². The topological polar surface area (TPSA) is 95.9 Å². The van der Waals surface area contributed by atoms with Gasteiger partial charge in [-0.05, 0) is 32.1 Å². The number of carbonyl (C=O) groups excluding carboxylic acids is 2. The van der Waals surface area contributed by atoms with Crippen molar-refractivity contribution in [1.29, 1.82) is 0 Å². The molecule has 2 atom stereocenters. The molecule has 0 saturated carbocycles. The molecule has 6 heteroatoms. The van der Waals surface area contributed by atoms with Crippen LogP contribution in [0, 0.1) is 0 Å². The highest BCUT2D eigenvalue weighted by Crippen LogP contribution is 2.21. The molecule has 2 unspecified atom stereocenters. The molecule has 524 valence electrons. The summed E-state index contributed by atoms with van der Waals surface area (Å²) in [6, 6.07) is -0.624. The Hall–Kier alpha value is -1.40. The van der Waals surface area contributed by atoms with E-state index in [0.29, 0.717) is 19.4 Å². The fourth-order valence-corrected chi connectivity index (χ4v) is 13.3. The average Bonchev–Trinajstić information content (AvgIpc) is 3.55. The van der Waals surface area contributed by atoms with Crippen LogP contribution in [0.2, 0.25) is 0 Å². The fraction of sp³-hybridized carbons (Fsp3) is 0.951. The first kappa shape index (κ1) is 86.6. The van der Waals surface area contributed by atoms with Crippen LogP contribution in [0.4, 0.5) is 0 Å². The van der Waals surface area contributed by atoms with Gasteiger partial charge in [0.1, 0.15) is 0 Å². The van der Waals surface area contributed by atoms with E-state index >= 15 is 0 Å². The SMILES string of the molecule is CCCCCCCCCCCCCCCCCCCCCCC/C=C/C(O)C(CO)NC(=O)CCCCCCCCCCCCCCCCCCCCCCCCCCCCCCCCCCCCCCCOC(=O)CCCCCCCCCCCCC. The van der Waals surface area contributed by atoms with Gasteiger partial charge >= 0.3 is 5.97 Å². The number of aliphatic hydroxyl groups is 2. The number of ether oxygens (including phenoxy) is 1. The highest BCUT2D eigenvalue weighted by molar-refractivity contribution is 5.76. The molecule has 0 rings (SSSR count). The maximum absolute atomic E-state index is 12.6. The number of amides is 1. The van der Waals surface area contributed by atoms with E-state index in [1.165, 1.54) is 411 Å². The van der Waals surface area contributed by atoms with E-state index in [4.69, 9.17) is 4.74 Å². The van der Waals surface area contributed by atoms with Crippen molar-refractivity contribution in [3.05, 3.63) is 12.2 Å². The van der Waals surface area contributed by atoms with Gasteiger partial charge in [0, 0.05) is 12.8 Å². The van der Waals surface area contributed by atoms with Crippen LogP contribution in [0.25, 0.3) is 0 Å². The van der Waals surface area contributed by atoms with Crippen molar-refractivity contribution in [3.8, 4) is 0 Å². The number of hydrogen-bond donors (Lipinski definition) is 3. The van der Waals surface area contributed by atoms with Crippen LogP contribution < -0.4 is 5.32 Å². The number of unbranched alkanes of at least 4 members (excludes halogenated alkanes) is 67. The van der Waals surface area contributed by atoms with Gasteiger partial charge in [0.05, 0.1) is 25.4 Å². The third-order valence-corrected chi connectivity index (χ3v) is 19.6. The zero-order valence-corrected chi connectivity index (χ0v) is 60.3. The van der Waals surface area contributed by atoms with Crippen LogP contribution in [-0.2, 0) is 14.3 Å². The van der Waals surface area contributed by atoms with E-state index in [9.17, 15) is 19.8 Å². The second-order valence-electron chi connectivity index (χ2n) is 28.5. The maximum atomic E-state index is 12.6. The zero-order chi connectivity index (χ0) is 63.5. The molecule has 0 fully saturated rings. The van der Waals surface area contributed by atoms with E-state index in [0.717, 1.165) is 38.5 Å². The summed E-state index contributed by atoms with van der Waals surface area (Å²) in [5.74, 6) is -0.0325. The van der Waals surface area contributed by atoms with Gasteiger partial charge in [-0.2, -0.15) is 0 Å². The number of aliphatic hydroxyl groups excluding tert-OH is 2. The third kappa shape index (κ3) is 73.6. The molecule has 0 radical (unpaired) electrons. The molecule has 1 amide bonds. The Morgan fingerprint density at radius 1 is 0.307 bits per heavy atom. The number of hydrogen-bond acceptors (Lipinski definition) is 5. The Balaban J connectivity index is 3.33. The highest BCUT2D eigenvalue weighted by Gasteiger charge is 2.18. The molecule has 88 heavy (non-hydrogen) atoms. The van der Waals surface area contributed by atoms with Crippen molar-refractivity contribution in [3.63, 3.8) is 0 Å². The van der Waals surface area contributed by atoms with Gasteiger partial charge in [-0.3, -0.25) is 9.59 Å². The lowest BCUT2D eigenvalue weighted by molar-refractivity contribution is -0.143. The van der Waals surface area contributed by atoms with E-state index in [2.05, 4.69) is 19.2 Å². The summed E-state index contributed by atoms with van der Waals surface area (Å²) in [5, 5.41) is 23.3. The standard InChI is InChI=1S/C82H161NO5/c1-3-5-7-9-11-13-15-16-17-18-19-20-36-39-42-45-48-51-55-58-62-66-70-74-80(85)79(78-84)83-81(86)75-71-67-63-59-56-52-49-46-43-40-37-34-32-30-28-26-24-22-21-23-25-27-29-31-33-35-38-41-44-47-50-53-57-61-65-69-73-77-88-82(87)76-72-68-64-60-54-14-12-10-8-6-4-2/h70,74,79-80,84-85H,3-69,71-73,75-78H2,1-2H3,(H,83,86)/b74-70+. The lowest BCUT2D eigenvalue weighted by atomic mass is 10.0. The van der Waals surface area contributed by atoms with Gasteiger partial charge in [0.15, 0.2) is 0 Å². The van der Waals surface area contributed by atoms with Gasteiger partial charge in [-0.25, -0.2) is 0 Å². The van der Waals surface area contributed by atoms with Gasteiger partial charge in [-0.15, -0.1) is 0 Å². The summed E-state index contributed by atoms with van der Waals surface area (Å²) in [5.41, 5.74) is 0. The predicted molar refractivity (Wildman–Crippen MR) is 389 cm³/mol. The average molecular weight is 1240 g/mol. The monoisotopic (exact) mass is 1240 g/mol. The molecule has 0 aliphatic rings. The minimum absolute atomic E-state index is 0.0240. The van der Waals surface area contributed by atoms with Crippen LogP contribution in [0.3, 0.4) is 0 Å². The quantitative estimate of drug-likeness (QED) is 0.0320. The Morgan fingerprint density at radius 3 is 0.773 bits per heavy atom. The minimum Gasteiger partial charge on any atom is -0.466 e. The molecular weight excluding hydrogens is 1080 g/mol. The van der Waals surface area contributed by atoms with Gasteiger partial charge in [0.25, 0.3) is 0 Å². The number of carbonyl (C=O) groups is 2. The highest BCUT2D eigenvalue weighted by atomic mass is 16.5. The lowest BCUT2D eigenvalue weighted by Gasteiger charge is -2.20. The summed E-state index contributed by atoms with van der Waals surface area (Å²) in [4.78, 5) is 24.6. The third-order valence-electron chi connectivity index (χ3n) is 19.6. The maximum Gasteiger partial charge on any atom is 0.305 e. The van der Waals surface area contributed by atoms with Crippen molar-refractivity contribution in [2.75, 3.05) is 13.2 Å². The minimum atomic E-state index is -0.841. The largest absolute Gasteiger partial charge is 0.466 e. The Morgan fingerprint density at radius 2 is 0.523 bits per heavy atom. The molecule has 0 aliphatic heterocycles. The molecular formula is C82H161NO5.